The number of para-hydroxylation sites is 1. The number of nitrogens with one attached hydrogen (secondary N) is 1. The van der Waals surface area contributed by atoms with E-state index < -0.39 is 5.97 Å². The number of carbonyl (C=O) groups excluding carboxylic acids is 1. The topological polar surface area (TPSA) is 103 Å². The fourth-order valence-corrected chi connectivity index (χ4v) is 2.39. The Bertz CT molecular complexity index is 928. The van der Waals surface area contributed by atoms with Gasteiger partial charge in [-0.15, -0.1) is 0 Å². The molecule has 0 bridgehead atoms. The number of esters is 1. The predicted octanol–water partition coefficient (Wildman–Crippen LogP) is 3.17. The average Bonchev–Trinajstić information content (AvgIpc) is 2.62. The fourth-order valence-electron chi connectivity index (χ4n) is 2.39. The van der Waals surface area contributed by atoms with Crippen molar-refractivity contribution in [1.29, 1.82) is 0 Å². The molecule has 7 nitrogen and oxygen atoms in total. The van der Waals surface area contributed by atoms with Crippen molar-refractivity contribution in [3.8, 4) is 0 Å². The molecule has 3 N–H and O–H groups in total. The lowest BCUT2D eigenvalue weighted by atomic mass is 10.0. The number of carbonyl (C=O) groups is 1. The summed E-state index contributed by atoms with van der Waals surface area (Å²) in [6.45, 7) is 3.73. The lowest BCUT2D eigenvalue weighted by Crippen LogP contribution is -2.12. The van der Waals surface area contributed by atoms with Gasteiger partial charge in [0.15, 0.2) is 12.4 Å². The van der Waals surface area contributed by atoms with Crippen LogP contribution in [0.15, 0.2) is 48.5 Å². The lowest BCUT2D eigenvalue weighted by molar-refractivity contribution is 0.0461. The molecular formula is C19H19N5O2. The van der Waals surface area contributed by atoms with Crippen LogP contribution in [-0.4, -0.2) is 20.9 Å². The zero-order valence-corrected chi connectivity index (χ0v) is 14.6. The molecule has 0 spiro atoms. The maximum Gasteiger partial charge on any atom is 0.338 e. The SMILES string of the molecule is Cc1cccc(C(=O)OCc2nc(N)nc(Nc3ccccc3)n2)c1C. The minimum absolute atomic E-state index is 0.0521. The van der Waals surface area contributed by atoms with E-state index in [1.807, 2.05) is 56.3 Å². The molecule has 1 heterocycles. The highest BCUT2D eigenvalue weighted by Crippen LogP contribution is 2.16. The molecule has 0 aliphatic heterocycles. The first-order valence-electron chi connectivity index (χ1n) is 8.09. The van der Waals surface area contributed by atoms with Crippen molar-refractivity contribution in [3.63, 3.8) is 0 Å². The number of aromatic nitrogens is 3. The summed E-state index contributed by atoms with van der Waals surface area (Å²) in [7, 11) is 0. The maximum atomic E-state index is 12.3. The molecule has 0 aliphatic rings. The zero-order valence-electron chi connectivity index (χ0n) is 14.6. The van der Waals surface area contributed by atoms with Crippen LogP contribution in [-0.2, 0) is 11.3 Å². The molecule has 1 aromatic heterocycles. The third-order valence-electron chi connectivity index (χ3n) is 3.89. The van der Waals surface area contributed by atoms with E-state index in [9.17, 15) is 4.79 Å². The van der Waals surface area contributed by atoms with Crippen molar-refractivity contribution in [3.05, 3.63) is 71.0 Å². The van der Waals surface area contributed by atoms with Gasteiger partial charge in [-0.2, -0.15) is 15.0 Å². The van der Waals surface area contributed by atoms with E-state index >= 15 is 0 Å². The molecule has 3 aromatic rings. The number of benzene rings is 2. The predicted molar refractivity (Wildman–Crippen MR) is 99.0 cm³/mol. The van der Waals surface area contributed by atoms with Crippen molar-refractivity contribution >= 4 is 23.6 Å². The maximum absolute atomic E-state index is 12.3. The first kappa shape index (κ1) is 17.3. The molecule has 0 aliphatic carbocycles. The minimum atomic E-state index is -0.428. The number of rotatable bonds is 5. The molecule has 0 saturated heterocycles. The lowest BCUT2D eigenvalue weighted by Gasteiger charge is -2.10. The monoisotopic (exact) mass is 349 g/mol. The van der Waals surface area contributed by atoms with Crippen LogP contribution < -0.4 is 11.1 Å². The van der Waals surface area contributed by atoms with E-state index in [-0.39, 0.29) is 18.4 Å². The summed E-state index contributed by atoms with van der Waals surface area (Å²) in [5, 5.41) is 3.04. The summed E-state index contributed by atoms with van der Waals surface area (Å²) in [6, 6.07) is 14.9. The normalized spacial score (nSPS) is 10.4. The molecule has 2 aromatic carbocycles. The van der Waals surface area contributed by atoms with Crippen molar-refractivity contribution in [2.24, 2.45) is 0 Å². The summed E-state index contributed by atoms with van der Waals surface area (Å²) < 4.78 is 5.34. The quantitative estimate of drug-likeness (QED) is 0.682. The van der Waals surface area contributed by atoms with Crippen LogP contribution in [0, 0.1) is 13.8 Å². The highest BCUT2D eigenvalue weighted by Gasteiger charge is 2.13. The Hall–Kier alpha value is -3.48. The Morgan fingerprint density at radius 3 is 2.58 bits per heavy atom. The van der Waals surface area contributed by atoms with Gasteiger partial charge in [0.25, 0.3) is 0 Å². The standard InChI is InChI=1S/C19H19N5O2/c1-12-7-6-10-15(13(12)2)17(25)26-11-16-22-18(20)24-19(23-16)21-14-8-4-3-5-9-14/h3-10H,11H2,1-2H3,(H3,20,21,22,23,24). The molecule has 0 amide bonds. The van der Waals surface area contributed by atoms with Crippen LogP contribution in [0.4, 0.5) is 17.6 Å². The van der Waals surface area contributed by atoms with E-state index in [1.54, 1.807) is 6.07 Å². The molecule has 0 fully saturated rings. The van der Waals surface area contributed by atoms with Crippen LogP contribution in [0.5, 0.6) is 0 Å². The minimum Gasteiger partial charge on any atom is -0.454 e. The van der Waals surface area contributed by atoms with Gasteiger partial charge in [-0.1, -0.05) is 30.3 Å². The molecule has 0 radical (unpaired) electrons. The Balaban J connectivity index is 1.72. The van der Waals surface area contributed by atoms with Crippen LogP contribution in [0.1, 0.15) is 27.3 Å². The van der Waals surface area contributed by atoms with E-state index in [2.05, 4.69) is 20.3 Å². The summed E-state index contributed by atoms with van der Waals surface area (Å²) in [5.74, 6) is 0.190. The van der Waals surface area contributed by atoms with Crippen LogP contribution in [0.2, 0.25) is 0 Å². The van der Waals surface area contributed by atoms with Gasteiger partial charge in [0.2, 0.25) is 11.9 Å². The third kappa shape index (κ3) is 4.13. The van der Waals surface area contributed by atoms with Crippen molar-refractivity contribution in [2.75, 3.05) is 11.1 Å². The van der Waals surface area contributed by atoms with Gasteiger partial charge in [0, 0.05) is 5.69 Å². The van der Waals surface area contributed by atoms with Crippen LogP contribution in [0.25, 0.3) is 0 Å². The Morgan fingerprint density at radius 1 is 1.04 bits per heavy atom. The number of nitrogens with zero attached hydrogens (tertiary/aromatic N) is 3. The number of nitrogen functional groups attached to an aromatic ring is 1. The van der Waals surface area contributed by atoms with Crippen molar-refractivity contribution in [2.45, 2.75) is 20.5 Å². The number of hydrogen-bond acceptors (Lipinski definition) is 7. The Labute approximate surface area is 151 Å². The van der Waals surface area contributed by atoms with E-state index in [4.69, 9.17) is 10.5 Å². The second-order valence-electron chi connectivity index (χ2n) is 5.75. The van der Waals surface area contributed by atoms with Crippen molar-refractivity contribution in [1.82, 2.24) is 15.0 Å². The third-order valence-corrected chi connectivity index (χ3v) is 3.89. The van der Waals surface area contributed by atoms with E-state index in [1.165, 1.54) is 0 Å². The van der Waals surface area contributed by atoms with Gasteiger partial charge in [-0.3, -0.25) is 0 Å². The van der Waals surface area contributed by atoms with Gasteiger partial charge < -0.3 is 15.8 Å². The van der Waals surface area contributed by atoms with Gasteiger partial charge >= 0.3 is 5.97 Å². The van der Waals surface area contributed by atoms with Crippen LogP contribution in [0.3, 0.4) is 0 Å². The number of nitrogens with two attached hydrogens (primary N) is 1. The highest BCUT2D eigenvalue weighted by atomic mass is 16.5. The Morgan fingerprint density at radius 2 is 1.81 bits per heavy atom. The molecule has 0 unspecified atom stereocenters. The number of ether oxygens (including phenoxy) is 1. The van der Waals surface area contributed by atoms with Crippen molar-refractivity contribution < 1.29 is 9.53 Å². The smallest absolute Gasteiger partial charge is 0.338 e. The van der Waals surface area contributed by atoms with E-state index in [0.717, 1.165) is 16.8 Å². The largest absolute Gasteiger partial charge is 0.454 e. The van der Waals surface area contributed by atoms with E-state index in [0.29, 0.717) is 11.5 Å². The Kier molecular flexibility index (Phi) is 5.07. The zero-order chi connectivity index (χ0) is 18.5. The molecule has 7 heteroatoms. The first-order chi connectivity index (χ1) is 12.5. The summed E-state index contributed by atoms with van der Waals surface area (Å²) in [5.41, 5.74) is 8.98. The van der Waals surface area contributed by atoms with Gasteiger partial charge in [-0.25, -0.2) is 4.79 Å². The number of aryl methyl sites for hydroxylation is 1. The molecule has 132 valence electrons. The van der Waals surface area contributed by atoms with Crippen LogP contribution >= 0.6 is 0 Å². The fraction of sp³-hybridized carbons (Fsp3) is 0.158. The summed E-state index contributed by atoms with van der Waals surface area (Å²) in [4.78, 5) is 24.6. The molecule has 0 saturated carbocycles. The summed E-state index contributed by atoms with van der Waals surface area (Å²) in [6.07, 6.45) is 0. The van der Waals surface area contributed by atoms with Gasteiger partial charge in [0.1, 0.15) is 0 Å². The molecule has 0 atom stereocenters. The molecule has 26 heavy (non-hydrogen) atoms. The average molecular weight is 349 g/mol. The van der Waals surface area contributed by atoms with Gasteiger partial charge in [0.05, 0.1) is 5.56 Å². The second kappa shape index (κ2) is 7.60. The molecular weight excluding hydrogens is 330 g/mol. The number of hydrogen-bond donors (Lipinski definition) is 2. The second-order valence-corrected chi connectivity index (χ2v) is 5.75. The number of anilines is 3. The highest BCUT2D eigenvalue weighted by molar-refractivity contribution is 5.91. The first-order valence-corrected chi connectivity index (χ1v) is 8.09. The summed E-state index contributed by atoms with van der Waals surface area (Å²) >= 11 is 0. The molecule has 3 rings (SSSR count). The van der Waals surface area contributed by atoms with Gasteiger partial charge in [-0.05, 0) is 43.2 Å².